The Bertz CT molecular complexity index is 1200. The van der Waals surface area contributed by atoms with Crippen molar-refractivity contribution in [1.29, 1.82) is 0 Å². The van der Waals surface area contributed by atoms with Crippen LogP contribution < -0.4 is 16.6 Å². The van der Waals surface area contributed by atoms with Crippen LogP contribution in [0.3, 0.4) is 0 Å². The molecule has 4 rings (SSSR count). The van der Waals surface area contributed by atoms with E-state index >= 15 is 0 Å². The van der Waals surface area contributed by atoms with Gasteiger partial charge in [-0.1, -0.05) is 61.2 Å². The molecule has 8 nitrogen and oxygen atoms in total. The van der Waals surface area contributed by atoms with Crippen molar-refractivity contribution in [2.24, 2.45) is 0 Å². The molecule has 0 unspecified atom stereocenters. The fraction of sp³-hybridized carbons (Fsp3) is 0.318. The molecular formula is C22H22ClN5O3. The van der Waals surface area contributed by atoms with Gasteiger partial charge in [-0.05, 0) is 30.5 Å². The van der Waals surface area contributed by atoms with Gasteiger partial charge in [-0.25, -0.2) is 9.78 Å². The van der Waals surface area contributed by atoms with E-state index in [0.717, 1.165) is 36.6 Å². The molecule has 1 aromatic carbocycles. The number of hydrogen-bond donors (Lipinski definition) is 2. The van der Waals surface area contributed by atoms with Crippen molar-refractivity contribution in [3.8, 4) is 5.82 Å². The van der Waals surface area contributed by atoms with E-state index in [1.807, 2.05) is 18.2 Å². The van der Waals surface area contributed by atoms with Crippen LogP contribution in [0, 0.1) is 0 Å². The van der Waals surface area contributed by atoms with Gasteiger partial charge in [-0.2, -0.15) is 9.78 Å². The van der Waals surface area contributed by atoms with Gasteiger partial charge in [0.15, 0.2) is 5.82 Å². The number of carbonyl (C=O) groups excluding carboxylic acids is 1. The first-order valence-corrected chi connectivity index (χ1v) is 10.6. The highest BCUT2D eigenvalue weighted by Gasteiger charge is 2.34. The van der Waals surface area contributed by atoms with Crippen LogP contribution in [0.5, 0.6) is 0 Å². The fourth-order valence-electron chi connectivity index (χ4n) is 4.15. The number of halogens is 1. The Morgan fingerprint density at radius 3 is 2.55 bits per heavy atom. The molecule has 0 aliphatic heterocycles. The van der Waals surface area contributed by atoms with E-state index in [2.05, 4.69) is 32.5 Å². The highest BCUT2D eigenvalue weighted by atomic mass is 35.5. The number of aromatic amines is 1. The fourth-order valence-corrected chi connectivity index (χ4v) is 4.34. The number of benzene rings is 1. The monoisotopic (exact) mass is 439 g/mol. The Morgan fingerprint density at radius 1 is 1.10 bits per heavy atom. The summed E-state index contributed by atoms with van der Waals surface area (Å²) >= 11 is 6.23. The minimum atomic E-state index is -0.751. The largest absolute Gasteiger partial charge is 0.351 e. The third-order valence-electron chi connectivity index (χ3n) is 5.76. The molecule has 1 amide bonds. The number of amides is 1. The Morgan fingerprint density at radius 2 is 1.84 bits per heavy atom. The molecule has 2 N–H and O–H groups in total. The molecule has 0 bridgehead atoms. The van der Waals surface area contributed by atoms with Crippen molar-refractivity contribution in [1.82, 2.24) is 25.1 Å². The smallest absolute Gasteiger partial charge is 0.350 e. The SMILES string of the molecule is O=C(NCC1(c2ccccc2)CCCCC1)c1nc(-n2ncc(=O)[nH]c2=O)ccc1Cl. The minimum absolute atomic E-state index is 0.00177. The zero-order valence-corrected chi connectivity index (χ0v) is 17.6. The lowest BCUT2D eigenvalue weighted by atomic mass is 9.69. The van der Waals surface area contributed by atoms with Crippen molar-refractivity contribution >= 4 is 17.5 Å². The Hall–Kier alpha value is -3.26. The van der Waals surface area contributed by atoms with Gasteiger partial charge >= 0.3 is 5.69 Å². The average Bonchev–Trinajstić information content (AvgIpc) is 2.79. The topological polar surface area (TPSA) is 110 Å². The van der Waals surface area contributed by atoms with Crippen molar-refractivity contribution < 1.29 is 4.79 Å². The summed E-state index contributed by atoms with van der Waals surface area (Å²) in [6.07, 6.45) is 6.37. The first-order chi connectivity index (χ1) is 15.0. The predicted octanol–water partition coefficient (Wildman–Crippen LogP) is 2.60. The number of carbonyl (C=O) groups is 1. The summed E-state index contributed by atoms with van der Waals surface area (Å²) in [5.74, 6) is -0.337. The van der Waals surface area contributed by atoms with Crippen LogP contribution in [0.2, 0.25) is 5.02 Å². The van der Waals surface area contributed by atoms with Crippen LogP contribution in [-0.4, -0.2) is 32.2 Å². The van der Waals surface area contributed by atoms with Crippen LogP contribution in [0.25, 0.3) is 5.82 Å². The van der Waals surface area contributed by atoms with Crippen LogP contribution in [0.15, 0.2) is 58.3 Å². The molecule has 2 heterocycles. The standard InChI is InChI=1S/C22H22ClN5O3/c23-16-9-10-17(28-21(31)27-18(29)13-25-28)26-19(16)20(30)24-14-22(11-5-2-6-12-22)15-7-3-1-4-8-15/h1,3-4,7-10,13H,2,5-6,11-12,14H2,(H,24,30)(H,27,29,31). The summed E-state index contributed by atoms with van der Waals surface area (Å²) in [5, 5.41) is 6.93. The van der Waals surface area contributed by atoms with Crippen molar-refractivity contribution in [2.45, 2.75) is 37.5 Å². The first kappa shape index (κ1) is 21.0. The van der Waals surface area contributed by atoms with Gasteiger partial charge in [-0.3, -0.25) is 14.6 Å². The molecule has 0 spiro atoms. The number of aromatic nitrogens is 4. The molecule has 1 aliphatic carbocycles. The van der Waals surface area contributed by atoms with E-state index in [0.29, 0.717) is 6.54 Å². The van der Waals surface area contributed by atoms with Gasteiger partial charge in [0, 0.05) is 12.0 Å². The van der Waals surface area contributed by atoms with E-state index in [-0.39, 0.29) is 21.9 Å². The Labute approximate surface area is 183 Å². The molecule has 1 fully saturated rings. The summed E-state index contributed by atoms with van der Waals surface area (Å²) < 4.78 is 0.904. The lowest BCUT2D eigenvalue weighted by Crippen LogP contribution is -2.42. The van der Waals surface area contributed by atoms with Crippen LogP contribution >= 0.6 is 11.6 Å². The Balaban J connectivity index is 1.59. The number of rotatable bonds is 5. The zero-order valence-electron chi connectivity index (χ0n) is 16.8. The zero-order chi connectivity index (χ0) is 21.8. The third kappa shape index (κ3) is 4.44. The first-order valence-electron chi connectivity index (χ1n) is 10.2. The maximum absolute atomic E-state index is 13.0. The lowest BCUT2D eigenvalue weighted by molar-refractivity contribution is 0.0931. The highest BCUT2D eigenvalue weighted by Crippen LogP contribution is 2.39. The molecule has 31 heavy (non-hydrogen) atoms. The molecule has 1 saturated carbocycles. The van der Waals surface area contributed by atoms with Gasteiger partial charge < -0.3 is 5.32 Å². The number of nitrogens with one attached hydrogen (secondary N) is 2. The summed E-state index contributed by atoms with van der Waals surface area (Å²) in [7, 11) is 0. The molecule has 0 saturated heterocycles. The van der Waals surface area contributed by atoms with Crippen molar-refractivity contribution in [3.63, 3.8) is 0 Å². The normalized spacial score (nSPS) is 15.4. The number of H-pyrrole nitrogens is 1. The Kier molecular flexibility index (Phi) is 5.99. The lowest BCUT2D eigenvalue weighted by Gasteiger charge is -2.38. The third-order valence-corrected chi connectivity index (χ3v) is 6.07. The van der Waals surface area contributed by atoms with Gasteiger partial charge in [0.1, 0.15) is 11.9 Å². The van der Waals surface area contributed by atoms with Crippen molar-refractivity contribution in [3.05, 3.63) is 85.8 Å². The van der Waals surface area contributed by atoms with Gasteiger partial charge in [0.25, 0.3) is 11.5 Å². The molecule has 0 atom stereocenters. The van der Waals surface area contributed by atoms with Crippen LogP contribution in [0.4, 0.5) is 0 Å². The molecule has 1 aliphatic rings. The number of pyridine rings is 1. The van der Waals surface area contributed by atoms with E-state index in [1.54, 1.807) is 0 Å². The van der Waals surface area contributed by atoms with E-state index in [4.69, 9.17) is 11.6 Å². The molecule has 0 radical (unpaired) electrons. The van der Waals surface area contributed by atoms with Crippen molar-refractivity contribution in [2.75, 3.05) is 6.54 Å². The highest BCUT2D eigenvalue weighted by molar-refractivity contribution is 6.33. The van der Waals surface area contributed by atoms with Gasteiger partial charge in [0.05, 0.1) is 5.02 Å². The number of nitrogens with zero attached hydrogens (tertiary/aromatic N) is 3. The summed E-state index contributed by atoms with van der Waals surface area (Å²) in [5.41, 5.74) is -0.285. The van der Waals surface area contributed by atoms with Gasteiger partial charge in [-0.15, -0.1) is 0 Å². The van der Waals surface area contributed by atoms with Crippen LogP contribution in [0.1, 0.15) is 48.2 Å². The quantitative estimate of drug-likeness (QED) is 0.635. The molecule has 160 valence electrons. The summed E-state index contributed by atoms with van der Waals surface area (Å²) in [6.45, 7) is 0.467. The molecule has 3 aromatic rings. The van der Waals surface area contributed by atoms with E-state index in [9.17, 15) is 14.4 Å². The maximum Gasteiger partial charge on any atom is 0.351 e. The molecular weight excluding hydrogens is 418 g/mol. The van der Waals surface area contributed by atoms with E-state index in [1.165, 1.54) is 24.1 Å². The van der Waals surface area contributed by atoms with E-state index < -0.39 is 17.2 Å². The maximum atomic E-state index is 13.0. The molecule has 2 aromatic heterocycles. The number of hydrogen-bond acceptors (Lipinski definition) is 5. The summed E-state index contributed by atoms with van der Waals surface area (Å²) in [4.78, 5) is 42.6. The predicted molar refractivity (Wildman–Crippen MR) is 117 cm³/mol. The second kappa shape index (κ2) is 8.85. The second-order valence-electron chi connectivity index (χ2n) is 7.74. The van der Waals surface area contributed by atoms with Gasteiger partial charge in [0.2, 0.25) is 0 Å². The molecule has 9 heteroatoms. The summed E-state index contributed by atoms with van der Waals surface area (Å²) in [6, 6.07) is 13.2. The average molecular weight is 440 g/mol. The minimum Gasteiger partial charge on any atom is -0.350 e. The second-order valence-corrected chi connectivity index (χ2v) is 8.15. The van der Waals surface area contributed by atoms with Crippen LogP contribution in [-0.2, 0) is 5.41 Å².